The molecular formula is C15H20N6O2. The molecular weight excluding hydrogens is 296 g/mol. The molecule has 0 radical (unpaired) electrons. The second-order valence-corrected chi connectivity index (χ2v) is 5.75. The van der Waals surface area contributed by atoms with Crippen molar-refractivity contribution in [2.45, 2.75) is 26.1 Å². The first-order valence-electron chi connectivity index (χ1n) is 7.53. The summed E-state index contributed by atoms with van der Waals surface area (Å²) in [5.41, 5.74) is 2.03. The minimum absolute atomic E-state index is 0.0629. The van der Waals surface area contributed by atoms with Crippen LogP contribution < -0.4 is 4.90 Å². The lowest BCUT2D eigenvalue weighted by Crippen LogP contribution is -2.27. The van der Waals surface area contributed by atoms with Crippen molar-refractivity contribution in [2.75, 3.05) is 25.5 Å². The van der Waals surface area contributed by atoms with Crippen molar-refractivity contribution in [3.05, 3.63) is 35.5 Å². The number of aliphatic hydroxyl groups excluding tert-OH is 1. The number of carbonyl (C=O) groups excluding carboxylic acids is 1. The Kier molecular flexibility index (Phi) is 4.24. The van der Waals surface area contributed by atoms with Gasteiger partial charge >= 0.3 is 0 Å². The standard InChI is InChI=1S/C15H20N6O2/c1-19(2)15(23)13-7-16-8-14(17-13)20-4-3-5-21-12(9-20)6-11(10-22)18-21/h6-8,22H,3-5,9-10H2,1-2H3. The predicted molar refractivity (Wildman–Crippen MR) is 83.9 cm³/mol. The summed E-state index contributed by atoms with van der Waals surface area (Å²) in [5, 5.41) is 13.6. The third-order valence-electron chi connectivity index (χ3n) is 3.80. The second kappa shape index (κ2) is 6.33. The van der Waals surface area contributed by atoms with Gasteiger partial charge in [0.15, 0.2) is 0 Å². The fraction of sp³-hybridized carbons (Fsp3) is 0.467. The number of aryl methyl sites for hydroxylation is 1. The molecule has 1 N–H and O–H groups in total. The van der Waals surface area contributed by atoms with Gasteiger partial charge in [-0.1, -0.05) is 0 Å². The summed E-state index contributed by atoms with van der Waals surface area (Å²) >= 11 is 0. The molecule has 0 fully saturated rings. The average molecular weight is 316 g/mol. The maximum absolute atomic E-state index is 12.1. The fourth-order valence-electron chi connectivity index (χ4n) is 2.63. The van der Waals surface area contributed by atoms with Gasteiger partial charge in [0.05, 0.1) is 36.9 Å². The minimum Gasteiger partial charge on any atom is -0.390 e. The third kappa shape index (κ3) is 3.16. The summed E-state index contributed by atoms with van der Waals surface area (Å²) in [5.74, 6) is 0.514. The van der Waals surface area contributed by atoms with Crippen LogP contribution >= 0.6 is 0 Å². The van der Waals surface area contributed by atoms with Gasteiger partial charge in [0, 0.05) is 27.2 Å². The van der Waals surface area contributed by atoms with E-state index in [1.54, 1.807) is 20.3 Å². The second-order valence-electron chi connectivity index (χ2n) is 5.75. The third-order valence-corrected chi connectivity index (χ3v) is 3.80. The molecule has 122 valence electrons. The highest BCUT2D eigenvalue weighted by Gasteiger charge is 2.19. The normalized spacial score (nSPS) is 14.3. The predicted octanol–water partition coefficient (Wildman–Crippen LogP) is 0.277. The van der Waals surface area contributed by atoms with Crippen molar-refractivity contribution in [1.29, 1.82) is 0 Å². The molecule has 1 amide bonds. The number of hydrogen-bond donors (Lipinski definition) is 1. The Balaban J connectivity index is 1.86. The lowest BCUT2D eigenvalue weighted by Gasteiger charge is -2.21. The number of aliphatic hydroxyl groups is 1. The monoisotopic (exact) mass is 316 g/mol. The number of carbonyl (C=O) groups is 1. The van der Waals surface area contributed by atoms with Gasteiger partial charge in [-0.05, 0) is 12.5 Å². The van der Waals surface area contributed by atoms with Gasteiger partial charge in [0.1, 0.15) is 11.5 Å². The van der Waals surface area contributed by atoms with E-state index < -0.39 is 0 Å². The molecule has 0 atom stereocenters. The first-order valence-corrected chi connectivity index (χ1v) is 7.53. The SMILES string of the molecule is CN(C)C(=O)c1cncc(N2CCCn3nc(CO)cc3C2)n1. The van der Waals surface area contributed by atoms with Crippen LogP contribution in [0.5, 0.6) is 0 Å². The Morgan fingerprint density at radius 2 is 2.17 bits per heavy atom. The molecule has 0 aromatic carbocycles. The quantitative estimate of drug-likeness (QED) is 0.875. The molecule has 0 spiro atoms. The Bertz CT molecular complexity index is 712. The van der Waals surface area contributed by atoms with Gasteiger partial charge in [0.25, 0.3) is 5.91 Å². The van der Waals surface area contributed by atoms with Crippen LogP contribution in [-0.4, -0.2) is 56.3 Å². The molecule has 0 aliphatic carbocycles. The molecule has 0 saturated carbocycles. The van der Waals surface area contributed by atoms with E-state index in [0.29, 0.717) is 23.8 Å². The molecule has 2 aromatic rings. The molecule has 3 rings (SSSR count). The van der Waals surface area contributed by atoms with Gasteiger partial charge in [-0.2, -0.15) is 5.10 Å². The Morgan fingerprint density at radius 1 is 1.35 bits per heavy atom. The van der Waals surface area contributed by atoms with Crippen LogP contribution in [-0.2, 0) is 19.7 Å². The van der Waals surface area contributed by atoms with Gasteiger partial charge in [0.2, 0.25) is 0 Å². The Morgan fingerprint density at radius 3 is 2.91 bits per heavy atom. The van der Waals surface area contributed by atoms with Crippen molar-refractivity contribution in [3.63, 3.8) is 0 Å². The van der Waals surface area contributed by atoms with Crippen LogP contribution in [0.2, 0.25) is 0 Å². The van der Waals surface area contributed by atoms with Crippen LogP contribution in [0.1, 0.15) is 28.3 Å². The summed E-state index contributed by atoms with van der Waals surface area (Å²) in [6.45, 7) is 2.18. The van der Waals surface area contributed by atoms with Gasteiger partial charge in [-0.3, -0.25) is 14.5 Å². The maximum Gasteiger partial charge on any atom is 0.273 e. The van der Waals surface area contributed by atoms with E-state index in [4.69, 9.17) is 0 Å². The molecule has 0 saturated heterocycles. The van der Waals surface area contributed by atoms with Crippen LogP contribution in [0.4, 0.5) is 5.82 Å². The first-order chi connectivity index (χ1) is 11.1. The summed E-state index contributed by atoms with van der Waals surface area (Å²) < 4.78 is 1.92. The van der Waals surface area contributed by atoms with Crippen molar-refractivity contribution in [3.8, 4) is 0 Å². The lowest BCUT2D eigenvalue weighted by molar-refractivity contribution is 0.0821. The van der Waals surface area contributed by atoms with E-state index in [1.807, 2.05) is 10.7 Å². The molecule has 8 heteroatoms. The number of aromatic nitrogens is 4. The molecule has 2 aromatic heterocycles. The highest BCUT2D eigenvalue weighted by Crippen LogP contribution is 2.19. The van der Waals surface area contributed by atoms with Crippen molar-refractivity contribution in [2.24, 2.45) is 0 Å². The molecule has 8 nitrogen and oxygen atoms in total. The largest absolute Gasteiger partial charge is 0.390 e. The van der Waals surface area contributed by atoms with E-state index >= 15 is 0 Å². The summed E-state index contributed by atoms with van der Waals surface area (Å²) in [6.07, 6.45) is 4.07. The molecule has 0 bridgehead atoms. The zero-order valence-corrected chi connectivity index (χ0v) is 13.3. The maximum atomic E-state index is 12.1. The molecule has 23 heavy (non-hydrogen) atoms. The zero-order valence-electron chi connectivity index (χ0n) is 13.3. The van der Waals surface area contributed by atoms with Gasteiger partial charge in [-0.15, -0.1) is 0 Å². The Labute approximate surface area is 134 Å². The highest BCUT2D eigenvalue weighted by molar-refractivity contribution is 5.91. The van der Waals surface area contributed by atoms with Crippen LogP contribution in [0, 0.1) is 0 Å². The molecule has 1 aliphatic heterocycles. The van der Waals surface area contributed by atoms with Crippen molar-refractivity contribution >= 4 is 11.7 Å². The number of amides is 1. The summed E-state index contributed by atoms with van der Waals surface area (Å²) in [6, 6.07) is 1.90. The van der Waals surface area contributed by atoms with Crippen LogP contribution in [0.3, 0.4) is 0 Å². The number of anilines is 1. The molecule has 0 unspecified atom stereocenters. The lowest BCUT2D eigenvalue weighted by atomic mass is 10.3. The van der Waals surface area contributed by atoms with Crippen LogP contribution in [0.15, 0.2) is 18.5 Å². The van der Waals surface area contributed by atoms with Crippen molar-refractivity contribution in [1.82, 2.24) is 24.6 Å². The number of fused-ring (bicyclic) bond motifs is 1. The fourth-order valence-corrected chi connectivity index (χ4v) is 2.63. The van der Waals surface area contributed by atoms with Crippen molar-refractivity contribution < 1.29 is 9.90 Å². The van der Waals surface area contributed by atoms with Gasteiger partial charge < -0.3 is 14.9 Å². The summed E-state index contributed by atoms with van der Waals surface area (Å²) in [4.78, 5) is 24.2. The average Bonchev–Trinajstić information content (AvgIpc) is 2.85. The molecule has 3 heterocycles. The number of rotatable bonds is 3. The zero-order chi connectivity index (χ0) is 16.4. The van der Waals surface area contributed by atoms with Crippen LogP contribution in [0.25, 0.3) is 0 Å². The van der Waals surface area contributed by atoms with Gasteiger partial charge in [-0.25, -0.2) is 4.98 Å². The van der Waals surface area contributed by atoms with E-state index in [1.165, 1.54) is 11.1 Å². The topological polar surface area (TPSA) is 87.4 Å². The molecule has 1 aliphatic rings. The van der Waals surface area contributed by atoms with E-state index in [2.05, 4.69) is 20.0 Å². The smallest absolute Gasteiger partial charge is 0.273 e. The number of hydrogen-bond acceptors (Lipinski definition) is 6. The summed E-state index contributed by atoms with van der Waals surface area (Å²) in [7, 11) is 3.38. The van der Waals surface area contributed by atoms with E-state index in [-0.39, 0.29) is 12.5 Å². The first kappa shape index (κ1) is 15.4. The van der Waals surface area contributed by atoms with E-state index in [9.17, 15) is 9.90 Å². The highest BCUT2D eigenvalue weighted by atomic mass is 16.3. The van der Waals surface area contributed by atoms with E-state index in [0.717, 1.165) is 25.2 Å². The minimum atomic E-state index is -0.165. The number of nitrogens with zero attached hydrogens (tertiary/aromatic N) is 6. The Hall–Kier alpha value is -2.48.